The third kappa shape index (κ3) is 8.93. The number of carbonyl (C=O) groups is 1. The van der Waals surface area contributed by atoms with Crippen LogP contribution >= 0.6 is 11.6 Å². The molecular weight excluding hydrogens is 562 g/mol. The molecule has 0 aliphatic heterocycles. The van der Waals surface area contributed by atoms with E-state index in [1.807, 2.05) is 39.8 Å². The van der Waals surface area contributed by atoms with Crippen LogP contribution in [0.5, 0.6) is 0 Å². The number of sulfonamides is 1. The van der Waals surface area contributed by atoms with Gasteiger partial charge in [-0.15, -0.1) is 0 Å². The summed E-state index contributed by atoms with van der Waals surface area (Å²) in [5, 5.41) is 6.67. The number of benzene rings is 2. The van der Waals surface area contributed by atoms with Crippen LogP contribution in [-0.2, 0) is 14.8 Å². The highest BCUT2D eigenvalue weighted by atomic mass is 35.5. The molecule has 218 valence electrons. The molecule has 3 aromatic rings. The quantitative estimate of drug-likeness (QED) is 0.265. The zero-order chi connectivity index (χ0) is 29.6. The molecule has 0 unspecified atom stereocenters. The molecule has 11 heteroatoms. The maximum atomic E-state index is 12.8. The number of carbonyl (C=O) groups excluding carboxylic acids is 1. The molecule has 3 N–H and O–H groups in total. The van der Waals surface area contributed by atoms with Gasteiger partial charge in [-0.05, 0) is 88.8 Å². The summed E-state index contributed by atoms with van der Waals surface area (Å²) in [5.74, 6) is 0.558. The molecule has 1 fully saturated rings. The minimum atomic E-state index is -3.78. The molecule has 0 spiro atoms. The largest absolute Gasteiger partial charge is 0.444 e. The first-order chi connectivity index (χ1) is 19.4. The van der Waals surface area contributed by atoms with Crippen molar-refractivity contribution in [1.29, 1.82) is 0 Å². The molecule has 41 heavy (non-hydrogen) atoms. The Bertz CT molecular complexity index is 1500. The molecule has 1 heterocycles. The number of aryl methyl sites for hydroxylation is 1. The van der Waals surface area contributed by atoms with Gasteiger partial charge >= 0.3 is 6.09 Å². The van der Waals surface area contributed by atoms with E-state index in [1.165, 1.54) is 0 Å². The van der Waals surface area contributed by atoms with Crippen LogP contribution in [0.1, 0.15) is 63.1 Å². The molecule has 1 aromatic heterocycles. The van der Waals surface area contributed by atoms with Crippen molar-refractivity contribution in [3.05, 3.63) is 76.6 Å². The summed E-state index contributed by atoms with van der Waals surface area (Å²) >= 11 is 6.10. The van der Waals surface area contributed by atoms with E-state index in [9.17, 15) is 13.2 Å². The summed E-state index contributed by atoms with van der Waals surface area (Å²) in [6, 6.07) is 12.0. The first kappa shape index (κ1) is 30.3. The van der Waals surface area contributed by atoms with Crippen molar-refractivity contribution in [3.63, 3.8) is 0 Å². The van der Waals surface area contributed by atoms with Crippen LogP contribution < -0.4 is 15.4 Å². The second kappa shape index (κ2) is 12.9. The number of aromatic nitrogens is 2. The molecule has 4 rings (SSSR count). The average molecular weight is 598 g/mol. The van der Waals surface area contributed by atoms with Crippen molar-refractivity contribution in [3.8, 4) is 0 Å². The molecular formula is C30H36ClN5O4S. The number of halogens is 1. The monoisotopic (exact) mass is 597 g/mol. The minimum Gasteiger partial charge on any atom is -0.444 e. The summed E-state index contributed by atoms with van der Waals surface area (Å²) in [4.78, 5) is 21.1. The van der Waals surface area contributed by atoms with Crippen molar-refractivity contribution in [2.75, 3.05) is 10.0 Å². The van der Waals surface area contributed by atoms with Crippen LogP contribution in [-0.4, -0.2) is 42.2 Å². The predicted octanol–water partition coefficient (Wildman–Crippen LogP) is 6.66. The second-order valence-corrected chi connectivity index (χ2v) is 13.2. The zero-order valence-corrected chi connectivity index (χ0v) is 25.2. The van der Waals surface area contributed by atoms with Gasteiger partial charge in [0, 0.05) is 30.0 Å². The van der Waals surface area contributed by atoms with E-state index in [0.29, 0.717) is 16.7 Å². The fourth-order valence-corrected chi connectivity index (χ4v) is 5.88. The first-order valence-corrected chi connectivity index (χ1v) is 15.4. The Morgan fingerprint density at radius 1 is 1.00 bits per heavy atom. The molecule has 0 saturated heterocycles. The Hall–Kier alpha value is -3.63. The number of anilines is 2. The van der Waals surface area contributed by atoms with Crippen LogP contribution in [0.3, 0.4) is 0 Å². The third-order valence-corrected chi connectivity index (χ3v) is 8.27. The van der Waals surface area contributed by atoms with Crippen LogP contribution in [0.25, 0.3) is 12.2 Å². The second-order valence-electron chi connectivity index (χ2n) is 11.1. The van der Waals surface area contributed by atoms with E-state index in [-0.39, 0.29) is 23.1 Å². The molecule has 0 atom stereocenters. The van der Waals surface area contributed by atoms with Crippen molar-refractivity contribution >= 4 is 51.5 Å². The topological polar surface area (TPSA) is 122 Å². The van der Waals surface area contributed by atoms with Gasteiger partial charge in [0.25, 0.3) is 10.0 Å². The predicted molar refractivity (Wildman–Crippen MR) is 163 cm³/mol. The number of hydrogen-bond donors (Lipinski definition) is 3. The zero-order valence-electron chi connectivity index (χ0n) is 23.6. The lowest BCUT2D eigenvalue weighted by Crippen LogP contribution is -2.42. The Balaban J connectivity index is 1.29. The standard InChI is InChI=1S/C30H36ClN5O4S/c1-20-17-25(41(38,39)36-27-8-6-5-7-26(27)31)16-11-22(20)10-9-21-18-32-28(33-19-21)34-23-12-14-24(15-13-23)35-29(37)40-30(2,3)4/h5-11,16-19,23-24,36H,12-15H2,1-4H3,(H,35,37)(H,32,33,34)/b10-9+. The van der Waals surface area contributed by atoms with E-state index in [4.69, 9.17) is 16.3 Å². The summed E-state index contributed by atoms with van der Waals surface area (Å²) in [5.41, 5.74) is 2.32. The Morgan fingerprint density at radius 2 is 1.66 bits per heavy atom. The van der Waals surface area contributed by atoms with Crippen molar-refractivity contribution in [1.82, 2.24) is 15.3 Å². The lowest BCUT2D eigenvalue weighted by Gasteiger charge is -2.30. The first-order valence-electron chi connectivity index (χ1n) is 13.5. The van der Waals surface area contributed by atoms with Crippen LogP contribution in [0.4, 0.5) is 16.4 Å². The van der Waals surface area contributed by atoms with Crippen LogP contribution in [0, 0.1) is 6.92 Å². The fourth-order valence-electron chi connectivity index (χ4n) is 4.47. The van der Waals surface area contributed by atoms with Crippen molar-refractivity contribution in [2.45, 2.75) is 76.0 Å². The molecule has 9 nitrogen and oxygen atoms in total. The molecule has 1 aliphatic carbocycles. The van der Waals surface area contributed by atoms with E-state index in [1.54, 1.807) is 54.9 Å². The van der Waals surface area contributed by atoms with E-state index in [0.717, 1.165) is 42.4 Å². The average Bonchev–Trinajstić information content (AvgIpc) is 2.90. The highest BCUT2D eigenvalue weighted by Gasteiger charge is 2.25. The highest BCUT2D eigenvalue weighted by molar-refractivity contribution is 7.92. The SMILES string of the molecule is Cc1cc(S(=O)(=O)Nc2ccccc2Cl)ccc1/C=C/c1cnc(NC2CCC(NC(=O)OC(C)(C)C)CC2)nc1. The van der Waals surface area contributed by atoms with Crippen molar-refractivity contribution in [2.24, 2.45) is 0 Å². The highest BCUT2D eigenvalue weighted by Crippen LogP contribution is 2.26. The molecule has 0 bridgehead atoms. The van der Waals surface area contributed by atoms with Gasteiger partial charge in [0.2, 0.25) is 5.95 Å². The number of nitrogens with one attached hydrogen (secondary N) is 3. The number of alkyl carbamates (subject to hydrolysis) is 1. The van der Waals surface area contributed by atoms with E-state index < -0.39 is 15.6 Å². The number of para-hydroxylation sites is 1. The van der Waals surface area contributed by atoms with Crippen LogP contribution in [0.15, 0.2) is 59.8 Å². The van der Waals surface area contributed by atoms with Crippen LogP contribution in [0.2, 0.25) is 5.02 Å². The minimum absolute atomic E-state index is 0.104. The Labute approximate surface area is 246 Å². The molecule has 1 saturated carbocycles. The molecule has 0 radical (unpaired) electrons. The van der Waals surface area contributed by atoms with Gasteiger partial charge in [-0.2, -0.15) is 0 Å². The van der Waals surface area contributed by atoms with E-state index >= 15 is 0 Å². The Kier molecular flexibility index (Phi) is 9.55. The number of amides is 1. The number of hydrogen-bond acceptors (Lipinski definition) is 7. The van der Waals surface area contributed by atoms with Gasteiger partial charge < -0.3 is 15.4 Å². The van der Waals surface area contributed by atoms with E-state index in [2.05, 4.69) is 25.3 Å². The normalized spacial score (nSPS) is 17.7. The van der Waals surface area contributed by atoms with Gasteiger partial charge in [-0.25, -0.2) is 23.2 Å². The number of ether oxygens (including phenoxy) is 1. The van der Waals surface area contributed by atoms with Gasteiger partial charge in [0.1, 0.15) is 5.60 Å². The Morgan fingerprint density at radius 3 is 2.29 bits per heavy atom. The van der Waals surface area contributed by atoms with Crippen molar-refractivity contribution < 1.29 is 17.9 Å². The maximum absolute atomic E-state index is 12.8. The van der Waals surface area contributed by atoms with Gasteiger partial charge in [0.05, 0.1) is 15.6 Å². The summed E-state index contributed by atoms with van der Waals surface area (Å²) in [7, 11) is -3.78. The third-order valence-electron chi connectivity index (χ3n) is 6.58. The smallest absolute Gasteiger partial charge is 0.407 e. The lowest BCUT2D eigenvalue weighted by atomic mass is 9.91. The fraction of sp³-hybridized carbons (Fsp3) is 0.367. The summed E-state index contributed by atoms with van der Waals surface area (Å²) in [6.07, 6.45) is 10.4. The molecule has 1 aliphatic rings. The molecule has 1 amide bonds. The maximum Gasteiger partial charge on any atom is 0.407 e. The van der Waals surface area contributed by atoms with Gasteiger partial charge in [0.15, 0.2) is 0 Å². The van der Waals surface area contributed by atoms with Gasteiger partial charge in [-0.3, -0.25) is 4.72 Å². The lowest BCUT2D eigenvalue weighted by molar-refractivity contribution is 0.0492. The number of rotatable bonds is 8. The summed E-state index contributed by atoms with van der Waals surface area (Å²) in [6.45, 7) is 7.41. The van der Waals surface area contributed by atoms with Gasteiger partial charge in [-0.1, -0.05) is 42.0 Å². The number of nitrogens with zero attached hydrogens (tertiary/aromatic N) is 2. The summed E-state index contributed by atoms with van der Waals surface area (Å²) < 4.78 is 33.6. The molecule has 2 aromatic carbocycles.